The fourth-order valence-electron chi connectivity index (χ4n) is 2.11. The number of carbonyl (C=O) groups is 1. The fourth-order valence-corrected chi connectivity index (χ4v) is 2.64. The van der Waals surface area contributed by atoms with Crippen molar-refractivity contribution in [3.63, 3.8) is 0 Å². The van der Waals surface area contributed by atoms with Crippen molar-refractivity contribution in [2.75, 3.05) is 24.5 Å². The Labute approximate surface area is 115 Å². The van der Waals surface area contributed by atoms with Crippen LogP contribution in [0.1, 0.15) is 0 Å². The van der Waals surface area contributed by atoms with Crippen LogP contribution >= 0.6 is 0 Å². The number of rotatable bonds is 3. The van der Waals surface area contributed by atoms with Crippen molar-refractivity contribution in [2.45, 2.75) is 10.9 Å². The van der Waals surface area contributed by atoms with Crippen molar-refractivity contribution in [1.29, 1.82) is 0 Å². The highest BCUT2D eigenvalue weighted by Crippen LogP contribution is 2.24. The van der Waals surface area contributed by atoms with Crippen LogP contribution in [0.3, 0.4) is 0 Å². The van der Waals surface area contributed by atoms with Gasteiger partial charge in [-0.25, -0.2) is 22.7 Å². The molecule has 1 unspecified atom stereocenters. The number of halogens is 1. The Balaban J connectivity index is 2.39. The van der Waals surface area contributed by atoms with Crippen molar-refractivity contribution in [1.82, 2.24) is 5.32 Å². The third kappa shape index (κ3) is 2.89. The zero-order valence-electron chi connectivity index (χ0n) is 10.4. The summed E-state index contributed by atoms with van der Waals surface area (Å²) in [4.78, 5) is 12.2. The molecule has 1 aliphatic rings. The molecule has 9 heteroatoms. The number of nitrogens with one attached hydrogen (secondary N) is 1. The molecule has 0 aliphatic carbocycles. The number of nitrogens with zero attached hydrogens (tertiary/aromatic N) is 1. The molecular formula is C11H14FN3O4S. The van der Waals surface area contributed by atoms with Gasteiger partial charge in [0.05, 0.1) is 10.6 Å². The molecule has 0 bridgehead atoms. The lowest BCUT2D eigenvalue weighted by Crippen LogP contribution is -2.55. The summed E-state index contributed by atoms with van der Waals surface area (Å²) in [5, 5.41) is 17.0. The Morgan fingerprint density at radius 2 is 2.20 bits per heavy atom. The summed E-state index contributed by atoms with van der Waals surface area (Å²) in [6, 6.07) is 2.29. The molecule has 0 amide bonds. The average molecular weight is 303 g/mol. The minimum atomic E-state index is -3.99. The largest absolute Gasteiger partial charge is 0.480 e. The lowest BCUT2D eigenvalue weighted by Gasteiger charge is -2.35. The molecule has 1 fully saturated rings. The molecule has 1 heterocycles. The van der Waals surface area contributed by atoms with Crippen LogP contribution in [0.25, 0.3) is 0 Å². The molecule has 1 aromatic rings. The highest BCUT2D eigenvalue weighted by atomic mass is 32.2. The number of aliphatic carboxylic acids is 1. The molecule has 1 aliphatic heterocycles. The Hall–Kier alpha value is -1.71. The van der Waals surface area contributed by atoms with E-state index in [1.54, 1.807) is 0 Å². The first-order valence-electron chi connectivity index (χ1n) is 5.83. The monoisotopic (exact) mass is 303 g/mol. The number of primary sulfonamides is 1. The van der Waals surface area contributed by atoms with Gasteiger partial charge in [-0.2, -0.15) is 0 Å². The molecule has 4 N–H and O–H groups in total. The highest BCUT2D eigenvalue weighted by molar-refractivity contribution is 7.89. The van der Waals surface area contributed by atoms with E-state index in [9.17, 15) is 17.6 Å². The topological polar surface area (TPSA) is 113 Å². The van der Waals surface area contributed by atoms with E-state index in [-0.39, 0.29) is 17.1 Å². The second-order valence-electron chi connectivity index (χ2n) is 4.41. The normalized spacial score (nSPS) is 19.9. The molecule has 2 rings (SSSR count). The first-order valence-corrected chi connectivity index (χ1v) is 7.38. The van der Waals surface area contributed by atoms with Crippen molar-refractivity contribution < 1.29 is 22.7 Å². The van der Waals surface area contributed by atoms with Crippen LogP contribution in [-0.4, -0.2) is 45.2 Å². The van der Waals surface area contributed by atoms with E-state index in [2.05, 4.69) is 5.32 Å². The number of benzene rings is 1. The number of carboxylic acid groups (broad SMARTS) is 1. The van der Waals surface area contributed by atoms with Crippen molar-refractivity contribution in [2.24, 2.45) is 5.14 Å². The summed E-state index contributed by atoms with van der Waals surface area (Å²) < 4.78 is 36.3. The van der Waals surface area contributed by atoms with Gasteiger partial charge in [-0.1, -0.05) is 0 Å². The van der Waals surface area contributed by atoms with Gasteiger partial charge in [-0.05, 0) is 18.2 Å². The Kier molecular flexibility index (Phi) is 3.93. The number of piperazine rings is 1. The molecular weight excluding hydrogens is 289 g/mol. The SMILES string of the molecule is NS(=O)(=O)c1ccc(N2CCNCC2C(=O)O)c(F)c1. The van der Waals surface area contributed by atoms with E-state index in [4.69, 9.17) is 10.2 Å². The van der Waals surface area contributed by atoms with Gasteiger partial charge in [0, 0.05) is 19.6 Å². The number of sulfonamides is 1. The van der Waals surface area contributed by atoms with Gasteiger partial charge in [-0.3, -0.25) is 0 Å². The lowest BCUT2D eigenvalue weighted by atomic mass is 10.1. The highest BCUT2D eigenvalue weighted by Gasteiger charge is 2.30. The van der Waals surface area contributed by atoms with Gasteiger partial charge in [0.15, 0.2) is 0 Å². The third-order valence-corrected chi connectivity index (χ3v) is 4.00. The summed E-state index contributed by atoms with van der Waals surface area (Å²) in [7, 11) is -3.99. The minimum absolute atomic E-state index is 0.0475. The van der Waals surface area contributed by atoms with Crippen LogP contribution in [0.5, 0.6) is 0 Å². The van der Waals surface area contributed by atoms with Gasteiger partial charge in [-0.15, -0.1) is 0 Å². The van der Waals surface area contributed by atoms with Crippen LogP contribution in [0.2, 0.25) is 0 Å². The van der Waals surface area contributed by atoms with Crippen molar-refractivity contribution in [3.8, 4) is 0 Å². The molecule has 1 aromatic carbocycles. The van der Waals surface area contributed by atoms with Gasteiger partial charge in [0.25, 0.3) is 0 Å². The summed E-state index contributed by atoms with van der Waals surface area (Å²) in [6.45, 7) is 1.01. The maximum atomic E-state index is 14.0. The van der Waals surface area contributed by atoms with Gasteiger partial charge >= 0.3 is 5.97 Å². The molecule has 7 nitrogen and oxygen atoms in total. The summed E-state index contributed by atoms with van der Waals surface area (Å²) in [6.07, 6.45) is 0. The number of nitrogens with two attached hydrogens (primary N) is 1. The van der Waals surface area contributed by atoms with Crippen molar-refractivity contribution >= 4 is 21.7 Å². The van der Waals surface area contributed by atoms with E-state index in [1.807, 2.05) is 0 Å². The maximum Gasteiger partial charge on any atom is 0.327 e. The van der Waals surface area contributed by atoms with Gasteiger partial charge in [0.1, 0.15) is 11.9 Å². The average Bonchev–Trinajstić information content (AvgIpc) is 2.37. The zero-order chi connectivity index (χ0) is 14.9. The lowest BCUT2D eigenvalue weighted by molar-refractivity contribution is -0.138. The molecule has 0 aromatic heterocycles. The number of hydrogen-bond acceptors (Lipinski definition) is 5. The van der Waals surface area contributed by atoms with Crippen LogP contribution in [0, 0.1) is 5.82 Å². The Morgan fingerprint density at radius 3 is 2.75 bits per heavy atom. The number of carboxylic acids is 1. The molecule has 20 heavy (non-hydrogen) atoms. The second kappa shape index (κ2) is 5.35. The van der Waals surface area contributed by atoms with Crippen LogP contribution in [-0.2, 0) is 14.8 Å². The first-order chi connectivity index (χ1) is 9.30. The molecule has 0 saturated carbocycles. The summed E-state index contributed by atoms with van der Waals surface area (Å²) >= 11 is 0. The van der Waals surface area contributed by atoms with E-state index in [0.29, 0.717) is 13.1 Å². The standard InChI is InChI=1S/C11H14FN3O4S/c12-8-5-7(20(13,18)19)1-2-9(8)15-4-3-14-6-10(15)11(16)17/h1-2,5,10,14H,3-4,6H2,(H,16,17)(H2,13,18,19). The number of hydrogen-bond donors (Lipinski definition) is 3. The van der Waals surface area contributed by atoms with Crippen LogP contribution in [0.4, 0.5) is 10.1 Å². The molecule has 110 valence electrons. The summed E-state index contributed by atoms with van der Waals surface area (Å²) in [5.41, 5.74) is 0.0475. The predicted molar refractivity (Wildman–Crippen MR) is 69.4 cm³/mol. The third-order valence-electron chi connectivity index (χ3n) is 3.09. The van der Waals surface area contributed by atoms with Gasteiger partial charge < -0.3 is 15.3 Å². The zero-order valence-corrected chi connectivity index (χ0v) is 11.2. The van der Waals surface area contributed by atoms with Gasteiger partial charge in [0.2, 0.25) is 10.0 Å². The van der Waals surface area contributed by atoms with Crippen LogP contribution < -0.4 is 15.4 Å². The minimum Gasteiger partial charge on any atom is -0.480 e. The smallest absolute Gasteiger partial charge is 0.327 e. The summed E-state index contributed by atoms with van der Waals surface area (Å²) in [5.74, 6) is -1.89. The Morgan fingerprint density at radius 1 is 1.50 bits per heavy atom. The van der Waals surface area contributed by atoms with Crippen molar-refractivity contribution in [3.05, 3.63) is 24.0 Å². The van der Waals surface area contributed by atoms with E-state index in [0.717, 1.165) is 12.1 Å². The van der Waals surface area contributed by atoms with E-state index < -0.39 is 27.9 Å². The fraction of sp³-hybridized carbons (Fsp3) is 0.364. The maximum absolute atomic E-state index is 14.0. The van der Waals surface area contributed by atoms with Crippen LogP contribution in [0.15, 0.2) is 23.1 Å². The first kappa shape index (κ1) is 14.7. The molecule has 1 atom stereocenters. The Bertz CT molecular complexity index is 635. The predicted octanol–water partition coefficient (Wildman–Crippen LogP) is -0.664. The number of anilines is 1. The molecule has 0 radical (unpaired) electrons. The van der Waals surface area contributed by atoms with E-state index >= 15 is 0 Å². The van der Waals surface area contributed by atoms with E-state index in [1.165, 1.54) is 11.0 Å². The quantitative estimate of drug-likeness (QED) is 0.683. The molecule has 0 spiro atoms. The second-order valence-corrected chi connectivity index (χ2v) is 5.97. The molecule has 1 saturated heterocycles.